The molecule has 0 aromatic carbocycles. The van der Waals surface area contributed by atoms with Gasteiger partial charge in [-0.2, -0.15) is 0 Å². The molecule has 0 radical (unpaired) electrons. The first-order valence-electron chi connectivity index (χ1n) is 7.92. The molecule has 0 amide bonds. The summed E-state index contributed by atoms with van der Waals surface area (Å²) in [6.45, 7) is 11.5. The standard InChI is InChI=1S/C17H32OSi/c1-7-16(18-19(5,6)17(2,3)4)15-13-11-9-8-10-12-14-15/h1,15-16H,8-14H2,2-6H3/t16-/m1/s1. The Balaban J connectivity index is 2.69. The molecule has 0 aromatic heterocycles. The topological polar surface area (TPSA) is 9.23 Å². The lowest BCUT2D eigenvalue weighted by molar-refractivity contribution is 0.147. The van der Waals surface area contributed by atoms with Gasteiger partial charge in [0.05, 0.1) is 0 Å². The Morgan fingerprint density at radius 2 is 1.53 bits per heavy atom. The molecule has 0 unspecified atom stereocenters. The van der Waals surface area contributed by atoms with Crippen molar-refractivity contribution in [1.29, 1.82) is 0 Å². The van der Waals surface area contributed by atoms with Crippen LogP contribution >= 0.6 is 0 Å². The lowest BCUT2D eigenvalue weighted by Gasteiger charge is -2.40. The lowest BCUT2D eigenvalue weighted by Crippen LogP contribution is -2.45. The van der Waals surface area contributed by atoms with Crippen LogP contribution < -0.4 is 0 Å². The van der Waals surface area contributed by atoms with Gasteiger partial charge in [-0.1, -0.05) is 58.8 Å². The molecule has 0 spiro atoms. The molecule has 1 saturated carbocycles. The van der Waals surface area contributed by atoms with Gasteiger partial charge in [0.1, 0.15) is 6.10 Å². The summed E-state index contributed by atoms with van der Waals surface area (Å²) < 4.78 is 6.49. The van der Waals surface area contributed by atoms with Gasteiger partial charge >= 0.3 is 0 Å². The minimum absolute atomic E-state index is 0.0407. The van der Waals surface area contributed by atoms with Gasteiger partial charge in [-0.05, 0) is 36.9 Å². The third-order valence-electron chi connectivity index (χ3n) is 4.97. The van der Waals surface area contributed by atoms with Gasteiger partial charge < -0.3 is 4.43 Å². The van der Waals surface area contributed by atoms with Crippen LogP contribution in [0.2, 0.25) is 18.1 Å². The maximum Gasteiger partial charge on any atom is 0.193 e. The van der Waals surface area contributed by atoms with Gasteiger partial charge in [0.25, 0.3) is 0 Å². The zero-order valence-corrected chi connectivity index (χ0v) is 14.6. The van der Waals surface area contributed by atoms with E-state index >= 15 is 0 Å². The predicted molar refractivity (Wildman–Crippen MR) is 86.7 cm³/mol. The summed E-state index contributed by atoms with van der Waals surface area (Å²) >= 11 is 0. The summed E-state index contributed by atoms with van der Waals surface area (Å²) in [6.07, 6.45) is 15.1. The number of terminal acetylenes is 1. The fourth-order valence-electron chi connectivity index (χ4n) is 2.55. The Morgan fingerprint density at radius 3 is 1.95 bits per heavy atom. The normalized spacial score (nSPS) is 21.3. The highest BCUT2D eigenvalue weighted by Crippen LogP contribution is 2.39. The van der Waals surface area contributed by atoms with Gasteiger partial charge in [0.15, 0.2) is 8.32 Å². The van der Waals surface area contributed by atoms with Crippen LogP contribution in [0.25, 0.3) is 0 Å². The van der Waals surface area contributed by atoms with Crippen LogP contribution in [0.4, 0.5) is 0 Å². The van der Waals surface area contributed by atoms with Crippen LogP contribution in [-0.4, -0.2) is 14.4 Å². The van der Waals surface area contributed by atoms with Crippen molar-refractivity contribution >= 4 is 8.32 Å². The van der Waals surface area contributed by atoms with E-state index in [1.54, 1.807) is 0 Å². The van der Waals surface area contributed by atoms with E-state index in [4.69, 9.17) is 10.8 Å². The zero-order chi connectivity index (χ0) is 14.5. The number of hydrogen-bond donors (Lipinski definition) is 0. The fraction of sp³-hybridized carbons (Fsp3) is 0.882. The van der Waals surface area contributed by atoms with Crippen molar-refractivity contribution in [1.82, 2.24) is 0 Å². The van der Waals surface area contributed by atoms with Crippen molar-refractivity contribution < 1.29 is 4.43 Å². The Labute approximate surface area is 121 Å². The molecule has 19 heavy (non-hydrogen) atoms. The van der Waals surface area contributed by atoms with Gasteiger partial charge in [-0.3, -0.25) is 0 Å². The first-order valence-corrected chi connectivity index (χ1v) is 10.8. The smallest absolute Gasteiger partial charge is 0.193 e. The van der Waals surface area contributed by atoms with Crippen molar-refractivity contribution in [3.8, 4) is 12.3 Å². The third-order valence-corrected chi connectivity index (χ3v) is 9.43. The summed E-state index contributed by atoms with van der Waals surface area (Å²) in [5, 5.41) is 0.240. The zero-order valence-electron chi connectivity index (χ0n) is 13.6. The summed E-state index contributed by atoms with van der Waals surface area (Å²) in [7, 11) is -1.74. The molecular formula is C17H32OSi. The van der Waals surface area contributed by atoms with Crippen LogP contribution in [0.1, 0.15) is 65.7 Å². The quantitative estimate of drug-likeness (QED) is 0.499. The Morgan fingerprint density at radius 1 is 1.05 bits per heavy atom. The van der Waals surface area contributed by atoms with Crippen LogP contribution in [0.5, 0.6) is 0 Å². The molecule has 1 atom stereocenters. The molecule has 1 aliphatic rings. The van der Waals surface area contributed by atoms with Crippen molar-refractivity contribution in [3.63, 3.8) is 0 Å². The predicted octanol–water partition coefficient (Wildman–Crippen LogP) is 5.37. The molecule has 1 nitrogen and oxygen atoms in total. The highest BCUT2D eigenvalue weighted by atomic mass is 28.4. The monoisotopic (exact) mass is 280 g/mol. The van der Waals surface area contributed by atoms with E-state index in [0.717, 1.165) is 0 Å². The summed E-state index contributed by atoms with van der Waals surface area (Å²) in [5.74, 6) is 3.54. The van der Waals surface area contributed by atoms with Crippen LogP contribution in [0, 0.1) is 18.3 Å². The summed E-state index contributed by atoms with van der Waals surface area (Å²) in [5.41, 5.74) is 0. The second-order valence-corrected chi connectivity index (χ2v) is 12.3. The Bertz CT molecular complexity index is 300. The van der Waals surface area contributed by atoms with Gasteiger partial charge in [0, 0.05) is 0 Å². The van der Waals surface area contributed by atoms with Crippen molar-refractivity contribution in [3.05, 3.63) is 0 Å². The van der Waals surface area contributed by atoms with E-state index in [0.29, 0.717) is 5.92 Å². The molecule has 0 aromatic rings. The van der Waals surface area contributed by atoms with Crippen molar-refractivity contribution in [2.24, 2.45) is 5.92 Å². The minimum atomic E-state index is -1.74. The van der Waals surface area contributed by atoms with Crippen LogP contribution in [0.15, 0.2) is 0 Å². The SMILES string of the molecule is C#C[C@@H](O[Si](C)(C)C(C)(C)C)C1CCCCCCC1. The number of rotatable bonds is 3. The van der Waals surface area contributed by atoms with Crippen LogP contribution in [0.3, 0.4) is 0 Å². The largest absolute Gasteiger partial charge is 0.403 e. The van der Waals surface area contributed by atoms with E-state index in [9.17, 15) is 0 Å². The second kappa shape index (κ2) is 6.95. The highest BCUT2D eigenvalue weighted by molar-refractivity contribution is 6.74. The lowest BCUT2D eigenvalue weighted by atomic mass is 9.87. The Kier molecular flexibility index (Phi) is 6.14. The first-order chi connectivity index (χ1) is 8.78. The molecule has 110 valence electrons. The van der Waals surface area contributed by atoms with Crippen molar-refractivity contribution in [2.75, 3.05) is 0 Å². The molecule has 0 saturated heterocycles. The van der Waals surface area contributed by atoms with Crippen molar-refractivity contribution in [2.45, 2.75) is 90.0 Å². The maximum absolute atomic E-state index is 6.49. The van der Waals surface area contributed by atoms with Gasteiger partial charge in [0.2, 0.25) is 0 Å². The molecule has 0 bridgehead atoms. The van der Waals surface area contributed by atoms with E-state index in [2.05, 4.69) is 39.8 Å². The second-order valence-electron chi connectivity index (χ2n) is 7.57. The van der Waals surface area contributed by atoms with Crippen LogP contribution in [-0.2, 0) is 4.43 Å². The van der Waals surface area contributed by atoms with Gasteiger partial charge in [-0.15, -0.1) is 6.42 Å². The van der Waals surface area contributed by atoms with Gasteiger partial charge in [-0.25, -0.2) is 0 Å². The molecule has 0 aliphatic heterocycles. The molecule has 2 heteroatoms. The maximum atomic E-state index is 6.49. The summed E-state index contributed by atoms with van der Waals surface area (Å²) in [6, 6.07) is 0. The Hall–Kier alpha value is -0.263. The van der Waals surface area contributed by atoms with E-state index in [-0.39, 0.29) is 11.1 Å². The average Bonchev–Trinajstić information content (AvgIpc) is 2.24. The third kappa shape index (κ3) is 4.97. The van der Waals surface area contributed by atoms with E-state index in [1.165, 1.54) is 44.9 Å². The minimum Gasteiger partial charge on any atom is -0.403 e. The first kappa shape index (κ1) is 16.8. The molecule has 1 aliphatic carbocycles. The molecule has 0 heterocycles. The molecule has 1 fully saturated rings. The molecule has 1 rings (SSSR count). The van der Waals surface area contributed by atoms with E-state index in [1.807, 2.05) is 0 Å². The van der Waals surface area contributed by atoms with E-state index < -0.39 is 8.32 Å². The highest BCUT2D eigenvalue weighted by Gasteiger charge is 2.40. The molecular weight excluding hydrogens is 248 g/mol. The fourth-order valence-corrected chi connectivity index (χ4v) is 3.80. The molecule has 0 N–H and O–H groups in total. The average molecular weight is 281 g/mol. The number of hydrogen-bond acceptors (Lipinski definition) is 1. The summed E-state index contributed by atoms with van der Waals surface area (Å²) in [4.78, 5) is 0.